The number of hydrogen-bond donors (Lipinski definition) is 0. The summed E-state index contributed by atoms with van der Waals surface area (Å²) < 4.78 is 0. The van der Waals surface area contributed by atoms with Crippen molar-refractivity contribution >= 4 is 5.78 Å². The Labute approximate surface area is 118 Å². The van der Waals surface area contributed by atoms with Crippen LogP contribution < -0.4 is 0 Å². The van der Waals surface area contributed by atoms with Crippen molar-refractivity contribution in [1.82, 2.24) is 0 Å². The summed E-state index contributed by atoms with van der Waals surface area (Å²) >= 11 is 0. The molecule has 0 aliphatic heterocycles. The standard InChI is InChI=1S/C15H19NO4/c1-9-7-11-8-15(3,4)14(17)13(11)10(2)12(9)5-6-20-16(18)19/h7H,5-6,8H2,1-4H3. The minimum Gasteiger partial charge on any atom is -0.314 e. The topological polar surface area (TPSA) is 69.4 Å². The molecule has 0 saturated heterocycles. The fraction of sp³-hybridized carbons (Fsp3) is 0.533. The highest BCUT2D eigenvalue weighted by Crippen LogP contribution is 2.39. The maximum Gasteiger partial charge on any atom is 0.294 e. The lowest BCUT2D eigenvalue weighted by molar-refractivity contribution is -0.757. The molecule has 0 radical (unpaired) electrons. The molecule has 0 N–H and O–H groups in total. The molecular weight excluding hydrogens is 258 g/mol. The van der Waals surface area contributed by atoms with Crippen LogP contribution >= 0.6 is 0 Å². The van der Waals surface area contributed by atoms with Gasteiger partial charge in [-0.25, -0.2) is 0 Å². The first-order valence-electron chi connectivity index (χ1n) is 6.68. The van der Waals surface area contributed by atoms with E-state index in [1.165, 1.54) is 0 Å². The summed E-state index contributed by atoms with van der Waals surface area (Å²) in [6, 6.07) is 2.04. The number of nitrogens with zero attached hydrogens (tertiary/aromatic N) is 1. The summed E-state index contributed by atoms with van der Waals surface area (Å²) in [5.74, 6) is 0.168. The number of aryl methyl sites for hydroxylation is 1. The number of Topliss-reactive ketones (excluding diaryl/α,β-unsaturated/α-hetero) is 1. The van der Waals surface area contributed by atoms with Gasteiger partial charge in [-0.15, -0.1) is 10.1 Å². The van der Waals surface area contributed by atoms with E-state index in [-0.39, 0.29) is 17.8 Å². The summed E-state index contributed by atoms with van der Waals surface area (Å²) in [4.78, 5) is 27.0. The number of fused-ring (bicyclic) bond motifs is 1. The molecule has 0 amide bonds. The fourth-order valence-electron chi connectivity index (χ4n) is 3.07. The van der Waals surface area contributed by atoms with Crippen molar-refractivity contribution < 1.29 is 14.7 Å². The highest BCUT2D eigenvalue weighted by atomic mass is 16.9. The Morgan fingerprint density at radius 3 is 2.65 bits per heavy atom. The smallest absolute Gasteiger partial charge is 0.294 e. The molecule has 0 unspecified atom stereocenters. The molecule has 1 aliphatic carbocycles. The SMILES string of the molecule is Cc1cc2c(c(C)c1CCO[N+](=O)[O-])C(=O)C(C)(C)C2. The Balaban J connectivity index is 2.36. The summed E-state index contributed by atoms with van der Waals surface area (Å²) in [6.45, 7) is 7.83. The van der Waals surface area contributed by atoms with Crippen LogP contribution in [0, 0.1) is 29.4 Å². The largest absolute Gasteiger partial charge is 0.314 e. The second-order valence-corrected chi connectivity index (χ2v) is 6.03. The number of carbonyl (C=O) groups excluding carboxylic acids is 1. The molecule has 0 atom stereocenters. The Hall–Kier alpha value is -1.91. The first kappa shape index (κ1) is 14.5. The van der Waals surface area contributed by atoms with Crippen molar-refractivity contribution in [2.75, 3.05) is 6.61 Å². The zero-order valence-electron chi connectivity index (χ0n) is 12.3. The third-order valence-electron chi connectivity index (χ3n) is 4.04. The van der Waals surface area contributed by atoms with Gasteiger partial charge in [-0.1, -0.05) is 19.9 Å². The summed E-state index contributed by atoms with van der Waals surface area (Å²) in [6.07, 6.45) is 1.20. The second kappa shape index (κ2) is 4.89. The Kier molecular flexibility index (Phi) is 3.54. The van der Waals surface area contributed by atoms with E-state index in [1.54, 1.807) is 0 Å². The van der Waals surface area contributed by atoms with Crippen molar-refractivity contribution in [2.24, 2.45) is 5.41 Å². The lowest BCUT2D eigenvalue weighted by Gasteiger charge is -2.14. The molecule has 2 rings (SSSR count). The molecule has 1 aliphatic rings. The normalized spacial score (nSPS) is 16.1. The highest BCUT2D eigenvalue weighted by molar-refractivity contribution is 6.06. The number of benzene rings is 1. The predicted molar refractivity (Wildman–Crippen MR) is 74.4 cm³/mol. The zero-order chi connectivity index (χ0) is 15.1. The van der Waals surface area contributed by atoms with Crippen LogP contribution in [-0.2, 0) is 17.7 Å². The Morgan fingerprint density at radius 1 is 1.40 bits per heavy atom. The van der Waals surface area contributed by atoms with E-state index >= 15 is 0 Å². The Bertz CT molecular complexity index is 590. The molecule has 0 saturated carbocycles. The third kappa shape index (κ3) is 2.40. The van der Waals surface area contributed by atoms with Crippen LogP contribution in [0.25, 0.3) is 0 Å². The quantitative estimate of drug-likeness (QED) is 0.626. The molecule has 108 valence electrons. The van der Waals surface area contributed by atoms with E-state index in [4.69, 9.17) is 0 Å². The van der Waals surface area contributed by atoms with E-state index in [0.29, 0.717) is 6.42 Å². The maximum absolute atomic E-state index is 12.4. The van der Waals surface area contributed by atoms with Crippen molar-refractivity contribution in [2.45, 2.75) is 40.5 Å². The molecule has 0 heterocycles. The van der Waals surface area contributed by atoms with Crippen LogP contribution in [0.1, 0.15) is 46.5 Å². The highest BCUT2D eigenvalue weighted by Gasteiger charge is 2.39. The van der Waals surface area contributed by atoms with Gasteiger partial charge < -0.3 is 4.84 Å². The van der Waals surface area contributed by atoms with Gasteiger partial charge in [0.2, 0.25) is 0 Å². The Morgan fingerprint density at radius 2 is 2.05 bits per heavy atom. The zero-order valence-corrected chi connectivity index (χ0v) is 12.3. The van der Waals surface area contributed by atoms with Gasteiger partial charge in [0, 0.05) is 11.0 Å². The number of ketones is 1. The van der Waals surface area contributed by atoms with Crippen LogP contribution in [0.3, 0.4) is 0 Å². The molecule has 1 aromatic rings. The summed E-state index contributed by atoms with van der Waals surface area (Å²) in [7, 11) is 0. The lowest BCUT2D eigenvalue weighted by atomic mass is 9.88. The van der Waals surface area contributed by atoms with Crippen LogP contribution in [0.2, 0.25) is 0 Å². The molecule has 5 nitrogen and oxygen atoms in total. The van der Waals surface area contributed by atoms with Crippen LogP contribution in [0.4, 0.5) is 0 Å². The molecule has 0 spiro atoms. The molecule has 0 aromatic heterocycles. The van der Waals surface area contributed by atoms with Crippen molar-refractivity contribution in [3.05, 3.63) is 44.0 Å². The van der Waals surface area contributed by atoms with Gasteiger partial charge in [-0.05, 0) is 48.9 Å². The van der Waals surface area contributed by atoms with E-state index in [1.807, 2.05) is 33.8 Å². The van der Waals surface area contributed by atoms with Crippen molar-refractivity contribution in [1.29, 1.82) is 0 Å². The van der Waals surface area contributed by atoms with Gasteiger partial charge in [0.15, 0.2) is 5.78 Å². The average molecular weight is 277 g/mol. The molecule has 1 aromatic carbocycles. The van der Waals surface area contributed by atoms with Crippen molar-refractivity contribution in [3.8, 4) is 0 Å². The molecule has 20 heavy (non-hydrogen) atoms. The minimum absolute atomic E-state index is 0.0189. The van der Waals surface area contributed by atoms with Gasteiger partial charge in [0.1, 0.15) is 6.61 Å². The van der Waals surface area contributed by atoms with Gasteiger partial charge in [0.25, 0.3) is 5.09 Å². The molecule has 0 bridgehead atoms. The summed E-state index contributed by atoms with van der Waals surface area (Å²) in [5.41, 5.74) is 4.54. The molecular formula is C15H19NO4. The van der Waals surface area contributed by atoms with Gasteiger partial charge >= 0.3 is 0 Å². The number of rotatable bonds is 4. The second-order valence-electron chi connectivity index (χ2n) is 6.03. The minimum atomic E-state index is -0.785. The maximum atomic E-state index is 12.4. The van der Waals surface area contributed by atoms with Crippen molar-refractivity contribution in [3.63, 3.8) is 0 Å². The van der Waals surface area contributed by atoms with E-state index in [0.717, 1.165) is 34.2 Å². The third-order valence-corrected chi connectivity index (χ3v) is 4.04. The van der Waals surface area contributed by atoms with Gasteiger partial charge in [0.05, 0.1) is 0 Å². The fourth-order valence-corrected chi connectivity index (χ4v) is 3.07. The van der Waals surface area contributed by atoms with Crippen LogP contribution in [-0.4, -0.2) is 17.5 Å². The average Bonchev–Trinajstić information content (AvgIpc) is 2.53. The van der Waals surface area contributed by atoms with E-state index in [2.05, 4.69) is 4.84 Å². The molecule has 5 heteroatoms. The van der Waals surface area contributed by atoms with Crippen LogP contribution in [0.5, 0.6) is 0 Å². The lowest BCUT2D eigenvalue weighted by Crippen LogP contribution is -2.19. The molecule has 0 fully saturated rings. The number of carbonyl (C=O) groups is 1. The first-order chi connectivity index (χ1) is 9.24. The first-order valence-corrected chi connectivity index (χ1v) is 6.68. The summed E-state index contributed by atoms with van der Waals surface area (Å²) in [5, 5.41) is 9.43. The van der Waals surface area contributed by atoms with E-state index < -0.39 is 5.09 Å². The number of hydrogen-bond acceptors (Lipinski definition) is 4. The van der Waals surface area contributed by atoms with Crippen LogP contribution in [0.15, 0.2) is 6.07 Å². The predicted octanol–water partition coefficient (Wildman–Crippen LogP) is 2.82. The van der Waals surface area contributed by atoms with E-state index in [9.17, 15) is 14.9 Å². The van der Waals surface area contributed by atoms with Gasteiger partial charge in [-0.3, -0.25) is 4.79 Å². The van der Waals surface area contributed by atoms with Gasteiger partial charge in [-0.2, -0.15) is 0 Å². The monoisotopic (exact) mass is 277 g/mol.